The van der Waals surface area contributed by atoms with Gasteiger partial charge in [-0.2, -0.15) is 0 Å². The van der Waals surface area contributed by atoms with Crippen LogP contribution in [0.25, 0.3) is 0 Å². The number of carbonyl (C=O) groups excluding carboxylic acids is 1. The lowest BCUT2D eigenvalue weighted by molar-refractivity contribution is -0.127. The van der Waals surface area contributed by atoms with E-state index in [0.29, 0.717) is 12.5 Å². The van der Waals surface area contributed by atoms with Crippen LogP contribution < -0.4 is 10.6 Å². The van der Waals surface area contributed by atoms with Crippen molar-refractivity contribution in [1.29, 1.82) is 0 Å². The van der Waals surface area contributed by atoms with Gasteiger partial charge in [-0.15, -0.1) is 0 Å². The Bertz CT molecular complexity index is 466. The fraction of sp³-hybridized carbons (Fsp3) is 0.500. The Hall–Kier alpha value is -2.04. The van der Waals surface area contributed by atoms with Gasteiger partial charge in [0.25, 0.3) is 0 Å². The van der Waals surface area contributed by atoms with Crippen LogP contribution in [-0.4, -0.2) is 44.0 Å². The van der Waals surface area contributed by atoms with Crippen molar-refractivity contribution in [3.63, 3.8) is 0 Å². The van der Waals surface area contributed by atoms with E-state index in [-0.39, 0.29) is 12.5 Å². The van der Waals surface area contributed by atoms with Gasteiger partial charge >= 0.3 is 0 Å². The molecule has 0 aliphatic rings. The van der Waals surface area contributed by atoms with E-state index in [1.807, 2.05) is 0 Å². The molecule has 0 aliphatic carbocycles. The van der Waals surface area contributed by atoms with E-state index in [4.69, 9.17) is 0 Å². The van der Waals surface area contributed by atoms with Crippen molar-refractivity contribution in [1.82, 2.24) is 15.5 Å². The molecule has 0 unspecified atom stereocenters. The van der Waals surface area contributed by atoms with Crippen LogP contribution in [0.15, 0.2) is 29.3 Å². The molecule has 1 rings (SSSR count). The molecule has 5 nitrogen and oxygen atoms in total. The molecule has 1 aromatic carbocycles. The predicted molar refractivity (Wildman–Crippen MR) is 87.3 cm³/mol. The monoisotopic (exact) mass is 290 g/mol. The molecule has 0 aliphatic heterocycles. The minimum Gasteiger partial charge on any atom is -0.356 e. The highest BCUT2D eigenvalue weighted by Crippen LogP contribution is 2.04. The molecule has 5 heteroatoms. The zero-order chi connectivity index (χ0) is 15.7. The highest BCUT2D eigenvalue weighted by atomic mass is 16.2. The number of aliphatic imine (C=N–C) groups is 1. The van der Waals surface area contributed by atoms with E-state index < -0.39 is 0 Å². The Morgan fingerprint density at radius 1 is 1.19 bits per heavy atom. The summed E-state index contributed by atoms with van der Waals surface area (Å²) in [5.74, 6) is 0.698. The first-order valence-electron chi connectivity index (χ1n) is 7.30. The second kappa shape index (κ2) is 9.00. The van der Waals surface area contributed by atoms with Gasteiger partial charge in [0.15, 0.2) is 5.96 Å². The number of carbonyl (C=O) groups is 1. The molecular weight excluding hydrogens is 264 g/mol. The van der Waals surface area contributed by atoms with E-state index in [9.17, 15) is 4.79 Å². The zero-order valence-corrected chi connectivity index (χ0v) is 13.4. The predicted octanol–water partition coefficient (Wildman–Crippen LogP) is 1.53. The summed E-state index contributed by atoms with van der Waals surface area (Å²) >= 11 is 0. The Morgan fingerprint density at radius 2 is 1.86 bits per heavy atom. The number of guanidine groups is 1. The molecule has 1 amide bonds. The van der Waals surface area contributed by atoms with Crippen LogP contribution >= 0.6 is 0 Å². The zero-order valence-electron chi connectivity index (χ0n) is 13.4. The minimum atomic E-state index is 0.0244. The summed E-state index contributed by atoms with van der Waals surface area (Å²) in [7, 11) is 3.49. The van der Waals surface area contributed by atoms with E-state index in [1.54, 1.807) is 19.0 Å². The van der Waals surface area contributed by atoms with Gasteiger partial charge in [0.2, 0.25) is 5.91 Å². The molecule has 2 N–H and O–H groups in total. The first-order chi connectivity index (χ1) is 10.0. The lowest BCUT2D eigenvalue weighted by Crippen LogP contribution is -2.43. The standard InChI is InChI=1S/C16H26N4O/c1-5-10-17-16(19-12-15(21)20(3)4)18-11-14-8-6-13(2)7-9-14/h6-9H,5,10-12H2,1-4H3,(H2,17,18,19). The summed E-state index contributed by atoms with van der Waals surface area (Å²) in [6.45, 7) is 5.83. The topological polar surface area (TPSA) is 56.7 Å². The van der Waals surface area contributed by atoms with Crippen molar-refractivity contribution >= 4 is 11.9 Å². The molecule has 0 atom stereocenters. The van der Waals surface area contributed by atoms with Gasteiger partial charge in [-0.25, -0.2) is 4.99 Å². The third-order valence-electron chi connectivity index (χ3n) is 2.99. The third kappa shape index (κ3) is 6.79. The SMILES string of the molecule is CCCNC(=NCc1ccc(C)cc1)NCC(=O)N(C)C. The Kier molecular flexibility index (Phi) is 7.29. The smallest absolute Gasteiger partial charge is 0.241 e. The van der Waals surface area contributed by atoms with Gasteiger partial charge < -0.3 is 15.5 Å². The summed E-state index contributed by atoms with van der Waals surface area (Å²) in [6.07, 6.45) is 1.01. The van der Waals surface area contributed by atoms with E-state index >= 15 is 0 Å². The molecule has 0 heterocycles. The molecule has 1 aromatic rings. The number of rotatable bonds is 6. The summed E-state index contributed by atoms with van der Waals surface area (Å²) in [4.78, 5) is 17.7. The summed E-state index contributed by atoms with van der Waals surface area (Å²) in [5.41, 5.74) is 2.39. The molecule has 0 radical (unpaired) electrons. The van der Waals surface area contributed by atoms with Crippen LogP contribution in [0.5, 0.6) is 0 Å². The van der Waals surface area contributed by atoms with Crippen molar-refractivity contribution in [3.8, 4) is 0 Å². The summed E-state index contributed by atoms with van der Waals surface area (Å²) in [5, 5.41) is 6.28. The fourth-order valence-electron chi connectivity index (χ4n) is 1.60. The minimum absolute atomic E-state index is 0.0244. The average molecular weight is 290 g/mol. The molecule has 0 bridgehead atoms. The van der Waals surface area contributed by atoms with Crippen LogP contribution in [0.3, 0.4) is 0 Å². The maximum absolute atomic E-state index is 11.6. The Morgan fingerprint density at radius 3 is 2.43 bits per heavy atom. The van der Waals surface area contributed by atoms with E-state index in [2.05, 4.69) is 53.7 Å². The average Bonchev–Trinajstić information content (AvgIpc) is 2.47. The lowest BCUT2D eigenvalue weighted by atomic mass is 10.1. The highest BCUT2D eigenvalue weighted by molar-refractivity contribution is 5.86. The third-order valence-corrected chi connectivity index (χ3v) is 2.99. The molecule has 0 saturated carbocycles. The van der Waals surface area contributed by atoms with Crippen molar-refractivity contribution < 1.29 is 4.79 Å². The largest absolute Gasteiger partial charge is 0.356 e. The van der Waals surface area contributed by atoms with Gasteiger partial charge in [-0.1, -0.05) is 36.8 Å². The van der Waals surface area contributed by atoms with Crippen molar-refractivity contribution in [3.05, 3.63) is 35.4 Å². The van der Waals surface area contributed by atoms with E-state index in [0.717, 1.165) is 18.5 Å². The first-order valence-corrected chi connectivity index (χ1v) is 7.30. The number of nitrogens with zero attached hydrogens (tertiary/aromatic N) is 2. The van der Waals surface area contributed by atoms with Crippen LogP contribution in [0, 0.1) is 6.92 Å². The molecule has 0 saturated heterocycles. The molecule has 0 spiro atoms. The Balaban J connectivity index is 2.60. The van der Waals surface area contributed by atoms with Gasteiger partial charge in [0.1, 0.15) is 0 Å². The highest BCUT2D eigenvalue weighted by Gasteiger charge is 2.05. The van der Waals surface area contributed by atoms with Gasteiger partial charge in [-0.3, -0.25) is 4.79 Å². The van der Waals surface area contributed by atoms with Gasteiger partial charge in [0.05, 0.1) is 13.1 Å². The normalized spacial score (nSPS) is 11.1. The second-order valence-corrected chi connectivity index (χ2v) is 5.22. The molecule has 0 aromatic heterocycles. The Labute approximate surface area is 127 Å². The van der Waals surface area contributed by atoms with Gasteiger partial charge in [0, 0.05) is 20.6 Å². The molecular formula is C16H26N4O. The molecule has 0 fully saturated rings. The van der Waals surface area contributed by atoms with Gasteiger partial charge in [-0.05, 0) is 18.9 Å². The molecule has 21 heavy (non-hydrogen) atoms. The quantitative estimate of drug-likeness (QED) is 0.617. The van der Waals surface area contributed by atoms with Crippen LogP contribution in [-0.2, 0) is 11.3 Å². The molecule has 116 valence electrons. The van der Waals surface area contributed by atoms with Crippen molar-refractivity contribution in [2.24, 2.45) is 4.99 Å². The number of benzene rings is 1. The number of likely N-dealkylation sites (N-methyl/N-ethyl adjacent to an activating group) is 1. The first kappa shape index (κ1) is 17.0. The maximum atomic E-state index is 11.6. The summed E-state index contributed by atoms with van der Waals surface area (Å²) in [6, 6.07) is 8.29. The number of hydrogen-bond acceptors (Lipinski definition) is 2. The lowest BCUT2D eigenvalue weighted by Gasteiger charge is -2.14. The van der Waals surface area contributed by atoms with Crippen molar-refractivity contribution in [2.45, 2.75) is 26.8 Å². The van der Waals surface area contributed by atoms with E-state index in [1.165, 1.54) is 5.56 Å². The van der Waals surface area contributed by atoms with Crippen LogP contribution in [0.2, 0.25) is 0 Å². The number of amides is 1. The van der Waals surface area contributed by atoms with Crippen molar-refractivity contribution in [2.75, 3.05) is 27.2 Å². The number of aryl methyl sites for hydroxylation is 1. The number of nitrogens with one attached hydrogen (secondary N) is 2. The van der Waals surface area contributed by atoms with Crippen LogP contribution in [0.4, 0.5) is 0 Å². The summed E-state index contributed by atoms with van der Waals surface area (Å²) < 4.78 is 0. The number of hydrogen-bond donors (Lipinski definition) is 2. The maximum Gasteiger partial charge on any atom is 0.241 e. The van der Waals surface area contributed by atoms with Crippen LogP contribution in [0.1, 0.15) is 24.5 Å². The fourth-order valence-corrected chi connectivity index (χ4v) is 1.60. The second-order valence-electron chi connectivity index (χ2n) is 5.22.